The predicted molar refractivity (Wildman–Crippen MR) is 52.9 cm³/mol. The molecule has 0 amide bonds. The van der Waals surface area contributed by atoms with Crippen LogP contribution in [-0.2, 0) is 0 Å². The summed E-state index contributed by atoms with van der Waals surface area (Å²) >= 11 is 3.14. The Morgan fingerprint density at radius 3 is 1.55 bits per heavy atom. The van der Waals surface area contributed by atoms with E-state index >= 15 is 0 Å². The van der Waals surface area contributed by atoms with Gasteiger partial charge in [-0.05, 0) is 24.3 Å². The molecule has 2 N–H and O–H groups in total. The van der Waals surface area contributed by atoms with Crippen molar-refractivity contribution >= 4 is 23.5 Å². The van der Waals surface area contributed by atoms with Gasteiger partial charge in [0.15, 0.2) is 0 Å². The van der Waals surface area contributed by atoms with Gasteiger partial charge in [0.25, 0.3) is 0 Å². The SMILES string of the molecule is OCSCCCCCSCO. The second-order valence-electron chi connectivity index (χ2n) is 2.14. The lowest BCUT2D eigenvalue weighted by atomic mass is 10.3. The van der Waals surface area contributed by atoms with Crippen LogP contribution in [-0.4, -0.2) is 33.6 Å². The first kappa shape index (κ1) is 11.6. The van der Waals surface area contributed by atoms with E-state index in [1.54, 1.807) is 23.5 Å². The van der Waals surface area contributed by atoms with Crippen LogP contribution in [0.2, 0.25) is 0 Å². The summed E-state index contributed by atoms with van der Waals surface area (Å²) in [7, 11) is 0. The highest BCUT2D eigenvalue weighted by atomic mass is 32.2. The van der Waals surface area contributed by atoms with E-state index in [-0.39, 0.29) is 11.9 Å². The second-order valence-corrected chi connectivity index (χ2v) is 4.28. The summed E-state index contributed by atoms with van der Waals surface area (Å²) in [6.45, 7) is 0. The molecule has 0 spiro atoms. The number of rotatable bonds is 8. The molecule has 68 valence electrons. The van der Waals surface area contributed by atoms with Crippen molar-refractivity contribution in [2.24, 2.45) is 0 Å². The first-order chi connectivity index (χ1) is 5.41. The molecule has 2 nitrogen and oxygen atoms in total. The molecule has 0 aromatic heterocycles. The second kappa shape index (κ2) is 10.6. The summed E-state index contributed by atoms with van der Waals surface area (Å²) in [6.07, 6.45) is 3.56. The van der Waals surface area contributed by atoms with Gasteiger partial charge < -0.3 is 10.2 Å². The van der Waals surface area contributed by atoms with Crippen molar-refractivity contribution in [3.8, 4) is 0 Å². The smallest absolute Gasteiger partial charge is 0.0885 e. The molecule has 0 rings (SSSR count). The highest BCUT2D eigenvalue weighted by molar-refractivity contribution is 7.99. The number of hydrogen-bond acceptors (Lipinski definition) is 4. The Bertz CT molecular complexity index is 63.5. The average Bonchev–Trinajstić information content (AvgIpc) is 2.03. The summed E-state index contributed by atoms with van der Waals surface area (Å²) in [5.41, 5.74) is 0. The molecule has 0 unspecified atom stereocenters. The minimum Gasteiger partial charge on any atom is -0.386 e. The third-order valence-corrected chi connectivity index (χ3v) is 2.78. The number of thioether (sulfide) groups is 2. The van der Waals surface area contributed by atoms with Gasteiger partial charge in [-0.25, -0.2) is 0 Å². The number of aliphatic hydroxyl groups excluding tert-OH is 2. The van der Waals surface area contributed by atoms with Gasteiger partial charge in [0, 0.05) is 0 Å². The standard InChI is InChI=1S/C7H16O2S2/c8-6-10-4-2-1-3-5-11-7-9/h8-9H,1-7H2. The molecule has 0 aliphatic rings. The maximum Gasteiger partial charge on any atom is 0.0885 e. The zero-order valence-corrected chi connectivity index (χ0v) is 8.29. The largest absolute Gasteiger partial charge is 0.386 e. The van der Waals surface area contributed by atoms with E-state index in [2.05, 4.69) is 0 Å². The van der Waals surface area contributed by atoms with Crippen LogP contribution in [0.3, 0.4) is 0 Å². The predicted octanol–water partition coefficient (Wildman–Crippen LogP) is 1.52. The molecular formula is C7H16O2S2. The van der Waals surface area contributed by atoms with Crippen LogP contribution >= 0.6 is 23.5 Å². The number of unbranched alkanes of at least 4 members (excludes halogenated alkanes) is 2. The van der Waals surface area contributed by atoms with Gasteiger partial charge in [0.2, 0.25) is 0 Å². The molecule has 0 fully saturated rings. The van der Waals surface area contributed by atoms with Crippen LogP contribution < -0.4 is 0 Å². The summed E-state index contributed by atoms with van der Waals surface area (Å²) in [6, 6.07) is 0. The highest BCUT2D eigenvalue weighted by Gasteiger charge is 1.89. The molecule has 0 aromatic carbocycles. The van der Waals surface area contributed by atoms with Crippen molar-refractivity contribution in [2.75, 3.05) is 23.4 Å². The van der Waals surface area contributed by atoms with Crippen molar-refractivity contribution in [3.05, 3.63) is 0 Å². The zero-order valence-electron chi connectivity index (χ0n) is 6.66. The van der Waals surface area contributed by atoms with Gasteiger partial charge >= 0.3 is 0 Å². The Morgan fingerprint density at radius 1 is 0.727 bits per heavy atom. The van der Waals surface area contributed by atoms with Crippen molar-refractivity contribution in [1.29, 1.82) is 0 Å². The fraction of sp³-hybridized carbons (Fsp3) is 1.00. The molecule has 0 radical (unpaired) electrons. The lowest BCUT2D eigenvalue weighted by Gasteiger charge is -1.98. The van der Waals surface area contributed by atoms with Gasteiger partial charge in [-0.1, -0.05) is 6.42 Å². The van der Waals surface area contributed by atoms with Crippen molar-refractivity contribution < 1.29 is 10.2 Å². The normalized spacial score (nSPS) is 10.4. The van der Waals surface area contributed by atoms with Crippen LogP contribution in [0.4, 0.5) is 0 Å². The fourth-order valence-electron chi connectivity index (χ4n) is 0.714. The Kier molecular flexibility index (Phi) is 11.2. The van der Waals surface area contributed by atoms with E-state index in [1.165, 1.54) is 19.3 Å². The summed E-state index contributed by atoms with van der Waals surface area (Å²) < 4.78 is 0. The Hall–Kier alpha value is 0.620. The number of hydrogen-bond donors (Lipinski definition) is 2. The van der Waals surface area contributed by atoms with Crippen LogP contribution in [0.25, 0.3) is 0 Å². The Balaban J connectivity index is 2.69. The Morgan fingerprint density at radius 2 is 1.18 bits per heavy atom. The van der Waals surface area contributed by atoms with Crippen LogP contribution in [0, 0.1) is 0 Å². The van der Waals surface area contributed by atoms with Crippen LogP contribution in [0.5, 0.6) is 0 Å². The first-order valence-corrected chi connectivity index (χ1v) is 6.10. The molecule has 0 bridgehead atoms. The van der Waals surface area contributed by atoms with Crippen molar-refractivity contribution in [2.45, 2.75) is 19.3 Å². The summed E-state index contributed by atoms with van der Waals surface area (Å²) in [4.78, 5) is 0. The lowest BCUT2D eigenvalue weighted by molar-refractivity contribution is 0.375. The molecule has 0 aliphatic carbocycles. The Labute approximate surface area is 76.8 Å². The van der Waals surface area contributed by atoms with Crippen molar-refractivity contribution in [1.82, 2.24) is 0 Å². The van der Waals surface area contributed by atoms with Gasteiger partial charge in [-0.2, -0.15) is 0 Å². The van der Waals surface area contributed by atoms with E-state index in [9.17, 15) is 0 Å². The van der Waals surface area contributed by atoms with Gasteiger partial charge in [-0.15, -0.1) is 23.5 Å². The van der Waals surface area contributed by atoms with Gasteiger partial charge in [-0.3, -0.25) is 0 Å². The monoisotopic (exact) mass is 196 g/mol. The minimum atomic E-state index is 0.241. The lowest BCUT2D eigenvalue weighted by Crippen LogP contribution is -1.86. The molecule has 0 aromatic rings. The topological polar surface area (TPSA) is 40.5 Å². The van der Waals surface area contributed by atoms with Gasteiger partial charge in [0.05, 0.1) is 11.9 Å². The third kappa shape index (κ3) is 10.6. The molecule has 0 heterocycles. The molecule has 4 heteroatoms. The first-order valence-electron chi connectivity index (χ1n) is 3.79. The fourth-order valence-corrected chi connectivity index (χ4v) is 1.79. The summed E-state index contributed by atoms with van der Waals surface area (Å²) in [5.74, 6) is 2.59. The van der Waals surface area contributed by atoms with Crippen LogP contribution in [0.15, 0.2) is 0 Å². The maximum atomic E-state index is 8.43. The number of aliphatic hydroxyl groups is 2. The van der Waals surface area contributed by atoms with E-state index < -0.39 is 0 Å². The van der Waals surface area contributed by atoms with E-state index in [0.29, 0.717) is 0 Å². The van der Waals surface area contributed by atoms with Gasteiger partial charge in [0.1, 0.15) is 0 Å². The average molecular weight is 196 g/mol. The van der Waals surface area contributed by atoms with E-state index in [0.717, 1.165) is 11.5 Å². The molecule has 0 saturated carbocycles. The zero-order chi connectivity index (χ0) is 8.36. The quantitative estimate of drug-likeness (QED) is 0.456. The van der Waals surface area contributed by atoms with Crippen molar-refractivity contribution in [3.63, 3.8) is 0 Å². The van der Waals surface area contributed by atoms with Crippen LogP contribution in [0.1, 0.15) is 19.3 Å². The molecule has 11 heavy (non-hydrogen) atoms. The maximum absolute atomic E-state index is 8.43. The van der Waals surface area contributed by atoms with E-state index in [4.69, 9.17) is 10.2 Å². The highest BCUT2D eigenvalue weighted by Crippen LogP contribution is 2.07. The van der Waals surface area contributed by atoms with E-state index in [1.807, 2.05) is 0 Å². The molecule has 0 atom stereocenters. The third-order valence-electron chi connectivity index (χ3n) is 1.26. The molecule has 0 aliphatic heterocycles. The molecule has 0 saturated heterocycles. The summed E-state index contributed by atoms with van der Waals surface area (Å²) in [5, 5.41) is 16.9. The minimum absolute atomic E-state index is 0.241. The molecular weight excluding hydrogens is 180 g/mol.